The Hall–Kier alpha value is -2.63. The highest BCUT2D eigenvalue weighted by atomic mass is 35.5. The summed E-state index contributed by atoms with van der Waals surface area (Å²) in [7, 11) is 0. The standard InChI is InChI=1S/C19H17ClN2O3/c1-12-16(20)7-4-8-17(12)22-18(24)14-6-3-2-5-13(14)15(19(22)25)11-21-9-10-23/h2-8,11,23,25H,9-10H2,1H3. The quantitative estimate of drug-likeness (QED) is 0.705. The lowest BCUT2D eigenvalue weighted by Gasteiger charge is -2.16. The molecule has 3 aromatic rings. The molecule has 128 valence electrons. The summed E-state index contributed by atoms with van der Waals surface area (Å²) in [5.74, 6) is -0.212. The second-order valence-electron chi connectivity index (χ2n) is 5.57. The molecule has 3 rings (SSSR count). The first kappa shape index (κ1) is 17.2. The SMILES string of the molecule is Cc1c(Cl)cccc1-n1c(O)c(C=NCCO)c2ccccc2c1=O. The number of hydrogen-bond acceptors (Lipinski definition) is 4. The van der Waals surface area contributed by atoms with Gasteiger partial charge in [0.2, 0.25) is 5.88 Å². The maximum Gasteiger partial charge on any atom is 0.265 e. The fourth-order valence-corrected chi connectivity index (χ4v) is 2.93. The molecule has 2 aromatic carbocycles. The molecule has 2 N–H and O–H groups in total. The lowest BCUT2D eigenvalue weighted by Crippen LogP contribution is -2.21. The summed E-state index contributed by atoms with van der Waals surface area (Å²) in [5.41, 5.74) is 1.29. The van der Waals surface area contributed by atoms with Crippen molar-refractivity contribution in [2.24, 2.45) is 4.99 Å². The molecular formula is C19H17ClN2O3. The van der Waals surface area contributed by atoms with E-state index in [-0.39, 0.29) is 24.6 Å². The Balaban J connectivity index is 2.40. The molecule has 0 aliphatic heterocycles. The highest BCUT2D eigenvalue weighted by Crippen LogP contribution is 2.29. The van der Waals surface area contributed by atoms with E-state index >= 15 is 0 Å². The predicted molar refractivity (Wildman–Crippen MR) is 101 cm³/mol. The van der Waals surface area contributed by atoms with E-state index < -0.39 is 0 Å². The van der Waals surface area contributed by atoms with E-state index in [1.165, 1.54) is 10.8 Å². The van der Waals surface area contributed by atoms with Crippen molar-refractivity contribution in [1.29, 1.82) is 0 Å². The molecule has 1 heterocycles. The van der Waals surface area contributed by atoms with E-state index in [1.807, 2.05) is 0 Å². The number of aromatic hydroxyl groups is 1. The monoisotopic (exact) mass is 356 g/mol. The summed E-state index contributed by atoms with van der Waals surface area (Å²) in [4.78, 5) is 17.1. The van der Waals surface area contributed by atoms with Crippen LogP contribution in [0.1, 0.15) is 11.1 Å². The van der Waals surface area contributed by atoms with E-state index in [0.29, 0.717) is 32.6 Å². The van der Waals surface area contributed by atoms with Crippen molar-refractivity contribution in [1.82, 2.24) is 4.57 Å². The van der Waals surface area contributed by atoms with Crippen molar-refractivity contribution >= 4 is 28.6 Å². The van der Waals surface area contributed by atoms with Gasteiger partial charge in [0, 0.05) is 22.0 Å². The van der Waals surface area contributed by atoms with Crippen molar-refractivity contribution in [3.63, 3.8) is 0 Å². The van der Waals surface area contributed by atoms with Crippen LogP contribution in [0.4, 0.5) is 0 Å². The minimum Gasteiger partial charge on any atom is -0.494 e. The van der Waals surface area contributed by atoms with Gasteiger partial charge in [-0.3, -0.25) is 9.79 Å². The van der Waals surface area contributed by atoms with Gasteiger partial charge in [0.25, 0.3) is 5.56 Å². The lowest BCUT2D eigenvalue weighted by molar-refractivity contribution is 0.307. The summed E-state index contributed by atoms with van der Waals surface area (Å²) in [6, 6.07) is 12.2. The maximum atomic E-state index is 13.0. The molecule has 0 saturated heterocycles. The minimum atomic E-state index is -0.335. The van der Waals surface area contributed by atoms with Crippen LogP contribution in [0.15, 0.2) is 52.3 Å². The van der Waals surface area contributed by atoms with Gasteiger partial charge >= 0.3 is 0 Å². The zero-order valence-corrected chi connectivity index (χ0v) is 14.4. The molecule has 0 unspecified atom stereocenters. The molecular weight excluding hydrogens is 340 g/mol. The second-order valence-corrected chi connectivity index (χ2v) is 5.97. The second kappa shape index (κ2) is 7.09. The first-order valence-electron chi connectivity index (χ1n) is 7.79. The number of pyridine rings is 1. The Morgan fingerprint density at radius 3 is 2.60 bits per heavy atom. The van der Waals surface area contributed by atoms with Crippen LogP contribution >= 0.6 is 11.6 Å². The third-order valence-corrected chi connectivity index (χ3v) is 4.44. The lowest BCUT2D eigenvalue weighted by atomic mass is 10.1. The van der Waals surface area contributed by atoms with E-state index in [9.17, 15) is 9.90 Å². The van der Waals surface area contributed by atoms with Crippen molar-refractivity contribution < 1.29 is 10.2 Å². The fourth-order valence-electron chi connectivity index (χ4n) is 2.76. The van der Waals surface area contributed by atoms with Gasteiger partial charge in [-0.1, -0.05) is 35.9 Å². The van der Waals surface area contributed by atoms with Crippen LogP contribution in [0, 0.1) is 6.92 Å². The molecule has 25 heavy (non-hydrogen) atoms. The van der Waals surface area contributed by atoms with Gasteiger partial charge in [0.1, 0.15) is 0 Å². The summed E-state index contributed by atoms with van der Waals surface area (Å²) in [5, 5.41) is 21.3. The van der Waals surface area contributed by atoms with Crippen LogP contribution < -0.4 is 5.56 Å². The van der Waals surface area contributed by atoms with Gasteiger partial charge in [0.05, 0.1) is 24.4 Å². The zero-order valence-electron chi connectivity index (χ0n) is 13.6. The summed E-state index contributed by atoms with van der Waals surface area (Å²) in [6.45, 7) is 1.91. The van der Waals surface area contributed by atoms with Crippen molar-refractivity contribution in [2.45, 2.75) is 6.92 Å². The molecule has 0 spiro atoms. The van der Waals surface area contributed by atoms with Crippen LogP contribution in [0.2, 0.25) is 5.02 Å². The zero-order chi connectivity index (χ0) is 18.0. The van der Waals surface area contributed by atoms with Gasteiger partial charge in [-0.2, -0.15) is 0 Å². The van der Waals surface area contributed by atoms with E-state index in [2.05, 4.69) is 4.99 Å². The van der Waals surface area contributed by atoms with Crippen LogP contribution in [0.5, 0.6) is 5.88 Å². The molecule has 6 heteroatoms. The molecule has 0 saturated carbocycles. The highest BCUT2D eigenvalue weighted by molar-refractivity contribution is 6.31. The molecule has 1 aromatic heterocycles. The van der Waals surface area contributed by atoms with E-state index in [4.69, 9.17) is 16.7 Å². The van der Waals surface area contributed by atoms with Crippen LogP contribution in [-0.2, 0) is 0 Å². The number of halogens is 1. The average molecular weight is 357 g/mol. The number of aromatic nitrogens is 1. The third-order valence-electron chi connectivity index (χ3n) is 4.03. The minimum absolute atomic E-state index is 0.0950. The first-order valence-corrected chi connectivity index (χ1v) is 8.17. The molecule has 0 amide bonds. The Morgan fingerprint density at radius 2 is 1.88 bits per heavy atom. The molecule has 0 radical (unpaired) electrons. The number of aliphatic hydroxyl groups is 1. The Morgan fingerprint density at radius 1 is 1.16 bits per heavy atom. The number of aliphatic hydroxyl groups excluding tert-OH is 1. The van der Waals surface area contributed by atoms with Crippen molar-refractivity contribution in [3.8, 4) is 11.6 Å². The number of nitrogens with zero attached hydrogens (tertiary/aromatic N) is 2. The molecule has 0 aliphatic carbocycles. The average Bonchev–Trinajstić information content (AvgIpc) is 2.61. The van der Waals surface area contributed by atoms with Crippen LogP contribution in [-0.4, -0.2) is 34.1 Å². The van der Waals surface area contributed by atoms with Crippen LogP contribution in [0.3, 0.4) is 0 Å². The van der Waals surface area contributed by atoms with Crippen LogP contribution in [0.25, 0.3) is 16.5 Å². The largest absolute Gasteiger partial charge is 0.494 e. The smallest absolute Gasteiger partial charge is 0.265 e. The Labute approximate surface area is 149 Å². The maximum absolute atomic E-state index is 13.0. The van der Waals surface area contributed by atoms with Crippen molar-refractivity contribution in [2.75, 3.05) is 13.2 Å². The number of fused-ring (bicyclic) bond motifs is 1. The van der Waals surface area contributed by atoms with Gasteiger partial charge in [-0.25, -0.2) is 4.57 Å². The molecule has 0 aliphatic rings. The first-order chi connectivity index (χ1) is 12.1. The Kier molecular flexibility index (Phi) is 4.88. The van der Waals surface area contributed by atoms with Crippen molar-refractivity contribution in [3.05, 3.63) is 69.0 Å². The van der Waals surface area contributed by atoms with E-state index in [1.54, 1.807) is 49.4 Å². The topological polar surface area (TPSA) is 74.8 Å². The number of benzene rings is 2. The van der Waals surface area contributed by atoms with Gasteiger partial charge in [-0.15, -0.1) is 0 Å². The van der Waals surface area contributed by atoms with Gasteiger partial charge in [-0.05, 0) is 30.7 Å². The fraction of sp³-hybridized carbons (Fsp3) is 0.158. The summed E-state index contributed by atoms with van der Waals surface area (Å²) >= 11 is 6.18. The predicted octanol–water partition coefficient (Wildman–Crippen LogP) is 3.07. The molecule has 5 nitrogen and oxygen atoms in total. The Bertz CT molecular complexity index is 1030. The summed E-state index contributed by atoms with van der Waals surface area (Å²) < 4.78 is 1.24. The van der Waals surface area contributed by atoms with E-state index in [0.717, 1.165) is 0 Å². The number of rotatable bonds is 4. The molecule has 0 fully saturated rings. The number of aliphatic imine (C=N–C) groups is 1. The van der Waals surface area contributed by atoms with Gasteiger partial charge in [0.15, 0.2) is 0 Å². The molecule has 0 bridgehead atoms. The van der Waals surface area contributed by atoms with Gasteiger partial charge < -0.3 is 10.2 Å². The highest BCUT2D eigenvalue weighted by Gasteiger charge is 2.17. The number of hydrogen-bond donors (Lipinski definition) is 2. The molecule has 0 atom stereocenters. The summed E-state index contributed by atoms with van der Waals surface area (Å²) in [6.07, 6.45) is 1.48. The third kappa shape index (κ3) is 3.04. The normalized spacial score (nSPS) is 11.5.